The summed E-state index contributed by atoms with van der Waals surface area (Å²) in [5.74, 6) is -0.0237. The lowest BCUT2D eigenvalue weighted by molar-refractivity contribution is -0.121. The third-order valence-corrected chi connectivity index (χ3v) is 3.15. The van der Waals surface area contributed by atoms with Crippen molar-refractivity contribution in [3.05, 3.63) is 23.7 Å². The van der Waals surface area contributed by atoms with E-state index >= 15 is 0 Å². The Morgan fingerprint density at radius 2 is 2.31 bits per heavy atom. The molecule has 1 amide bonds. The van der Waals surface area contributed by atoms with Crippen molar-refractivity contribution in [2.45, 2.75) is 13.0 Å². The zero-order chi connectivity index (χ0) is 11.5. The molecule has 0 spiro atoms. The highest BCUT2D eigenvalue weighted by Crippen LogP contribution is 2.22. The summed E-state index contributed by atoms with van der Waals surface area (Å²) in [4.78, 5) is 15.5. The van der Waals surface area contributed by atoms with E-state index in [0.717, 1.165) is 15.9 Å². The zero-order valence-corrected chi connectivity index (χ0v) is 9.97. The number of benzene rings is 1. The van der Waals surface area contributed by atoms with Crippen molar-refractivity contribution >= 4 is 33.1 Å². The first-order valence-electron chi connectivity index (χ1n) is 5.02. The lowest BCUT2D eigenvalue weighted by Crippen LogP contribution is -2.35. The van der Waals surface area contributed by atoms with Gasteiger partial charge < -0.3 is 10.6 Å². The van der Waals surface area contributed by atoms with E-state index in [1.807, 2.05) is 30.6 Å². The average molecular weight is 235 g/mol. The maximum Gasteiger partial charge on any atom is 0.241 e. The van der Waals surface area contributed by atoms with Gasteiger partial charge in [-0.25, -0.2) is 4.98 Å². The summed E-state index contributed by atoms with van der Waals surface area (Å²) >= 11 is 1.59. The smallest absolute Gasteiger partial charge is 0.241 e. The van der Waals surface area contributed by atoms with Crippen molar-refractivity contribution in [1.82, 2.24) is 10.3 Å². The molecular formula is C11H13N3OS. The first-order valence-corrected chi connectivity index (χ1v) is 5.90. The summed E-state index contributed by atoms with van der Waals surface area (Å²) in [5, 5.41) is 5.75. The van der Waals surface area contributed by atoms with Crippen LogP contribution in [0.15, 0.2) is 23.7 Å². The number of thiazole rings is 1. The van der Waals surface area contributed by atoms with Crippen LogP contribution < -0.4 is 10.6 Å². The summed E-state index contributed by atoms with van der Waals surface area (Å²) in [6, 6.07) is 5.65. The van der Waals surface area contributed by atoms with Crippen LogP contribution in [0.1, 0.15) is 6.92 Å². The topological polar surface area (TPSA) is 54.0 Å². The van der Waals surface area contributed by atoms with Crippen LogP contribution in [0.2, 0.25) is 0 Å². The van der Waals surface area contributed by atoms with Crippen molar-refractivity contribution in [2.75, 3.05) is 12.4 Å². The molecule has 0 aliphatic carbocycles. The van der Waals surface area contributed by atoms with Gasteiger partial charge in [-0.05, 0) is 25.1 Å². The molecule has 0 aliphatic rings. The van der Waals surface area contributed by atoms with E-state index in [1.54, 1.807) is 18.4 Å². The van der Waals surface area contributed by atoms with Crippen LogP contribution in [-0.2, 0) is 4.79 Å². The predicted octanol–water partition coefficient (Wildman–Crippen LogP) is 1.84. The van der Waals surface area contributed by atoms with E-state index < -0.39 is 0 Å². The molecule has 0 aliphatic heterocycles. The average Bonchev–Trinajstić information content (AvgIpc) is 2.75. The number of rotatable bonds is 3. The lowest BCUT2D eigenvalue weighted by Gasteiger charge is -2.13. The number of fused-ring (bicyclic) bond motifs is 1. The molecule has 2 rings (SSSR count). The van der Waals surface area contributed by atoms with Crippen LogP contribution in [0.3, 0.4) is 0 Å². The number of carbonyl (C=O) groups excluding carboxylic acids is 1. The van der Waals surface area contributed by atoms with Crippen LogP contribution in [0.5, 0.6) is 0 Å². The van der Waals surface area contributed by atoms with E-state index in [4.69, 9.17) is 0 Å². The second-order valence-corrected chi connectivity index (χ2v) is 4.40. The minimum Gasteiger partial charge on any atom is -0.374 e. The van der Waals surface area contributed by atoms with Crippen molar-refractivity contribution in [2.24, 2.45) is 0 Å². The third-order valence-electron chi connectivity index (χ3n) is 2.35. The van der Waals surface area contributed by atoms with Crippen molar-refractivity contribution < 1.29 is 4.79 Å². The second kappa shape index (κ2) is 4.49. The van der Waals surface area contributed by atoms with Gasteiger partial charge in [0.15, 0.2) is 0 Å². The first kappa shape index (κ1) is 10.9. The number of likely N-dealkylation sites (N-methyl/N-ethyl adjacent to an activating group) is 1. The minimum atomic E-state index is -0.240. The van der Waals surface area contributed by atoms with Gasteiger partial charge in [-0.3, -0.25) is 4.79 Å². The third kappa shape index (κ3) is 2.14. The molecule has 2 N–H and O–H groups in total. The van der Waals surface area contributed by atoms with Crippen LogP contribution in [0.25, 0.3) is 10.2 Å². The minimum absolute atomic E-state index is 0.0237. The molecule has 0 fully saturated rings. The van der Waals surface area contributed by atoms with Crippen molar-refractivity contribution in [3.8, 4) is 0 Å². The molecule has 0 saturated carbocycles. The summed E-state index contributed by atoms with van der Waals surface area (Å²) in [5.41, 5.74) is 3.74. The molecule has 84 valence electrons. The van der Waals surface area contributed by atoms with E-state index in [1.165, 1.54) is 0 Å². The second-order valence-electron chi connectivity index (χ2n) is 3.52. The van der Waals surface area contributed by atoms with Gasteiger partial charge in [0.2, 0.25) is 5.91 Å². The molecule has 0 saturated heterocycles. The number of nitrogens with one attached hydrogen (secondary N) is 2. The van der Waals surface area contributed by atoms with E-state index in [0.29, 0.717) is 0 Å². The Morgan fingerprint density at radius 1 is 1.50 bits per heavy atom. The highest BCUT2D eigenvalue weighted by molar-refractivity contribution is 7.16. The Balaban J connectivity index is 2.17. The maximum atomic E-state index is 11.3. The number of hydrogen-bond acceptors (Lipinski definition) is 4. The van der Waals surface area contributed by atoms with Crippen molar-refractivity contribution in [1.29, 1.82) is 0 Å². The molecule has 1 atom stereocenters. The molecular weight excluding hydrogens is 222 g/mol. The quantitative estimate of drug-likeness (QED) is 0.853. The fourth-order valence-electron chi connectivity index (χ4n) is 1.48. The summed E-state index contributed by atoms with van der Waals surface area (Å²) < 4.78 is 1.12. The highest BCUT2D eigenvalue weighted by atomic mass is 32.1. The largest absolute Gasteiger partial charge is 0.374 e. The van der Waals surface area contributed by atoms with Gasteiger partial charge in [0.05, 0.1) is 15.7 Å². The lowest BCUT2D eigenvalue weighted by atomic mass is 10.2. The van der Waals surface area contributed by atoms with Gasteiger partial charge in [-0.2, -0.15) is 0 Å². The molecule has 1 aromatic heterocycles. The monoisotopic (exact) mass is 235 g/mol. The van der Waals surface area contributed by atoms with Gasteiger partial charge in [0, 0.05) is 12.7 Å². The van der Waals surface area contributed by atoms with Gasteiger partial charge in [0.1, 0.15) is 6.04 Å². The molecule has 2 aromatic rings. The SMILES string of the molecule is CNC(=O)C(C)Nc1ccc2ncsc2c1. The number of amides is 1. The maximum absolute atomic E-state index is 11.3. The first-order chi connectivity index (χ1) is 7.70. The van der Waals surface area contributed by atoms with Gasteiger partial charge in [-0.1, -0.05) is 0 Å². The van der Waals surface area contributed by atoms with E-state index in [9.17, 15) is 4.79 Å². The zero-order valence-electron chi connectivity index (χ0n) is 9.15. The predicted molar refractivity (Wildman–Crippen MR) is 66.8 cm³/mol. The summed E-state index contributed by atoms with van der Waals surface area (Å²) in [6.07, 6.45) is 0. The standard InChI is InChI=1S/C11H13N3OS/c1-7(11(15)12-2)14-8-3-4-9-10(5-8)16-6-13-9/h3-7,14H,1-2H3,(H,12,15). The van der Waals surface area contributed by atoms with Gasteiger partial charge >= 0.3 is 0 Å². The number of carbonyl (C=O) groups is 1. The fourth-order valence-corrected chi connectivity index (χ4v) is 2.19. The van der Waals surface area contributed by atoms with Crippen molar-refractivity contribution in [3.63, 3.8) is 0 Å². The Hall–Kier alpha value is -1.62. The Bertz CT molecular complexity index is 509. The van der Waals surface area contributed by atoms with Crippen LogP contribution in [0.4, 0.5) is 5.69 Å². The van der Waals surface area contributed by atoms with Crippen LogP contribution in [-0.4, -0.2) is 24.0 Å². The molecule has 1 unspecified atom stereocenters. The van der Waals surface area contributed by atoms with Gasteiger partial charge in [0.25, 0.3) is 0 Å². The molecule has 16 heavy (non-hydrogen) atoms. The molecule has 1 aromatic carbocycles. The molecule has 4 nitrogen and oxygen atoms in total. The summed E-state index contributed by atoms with van der Waals surface area (Å²) in [6.45, 7) is 1.83. The number of nitrogens with zero attached hydrogens (tertiary/aromatic N) is 1. The fraction of sp³-hybridized carbons (Fsp3) is 0.273. The number of anilines is 1. The normalized spacial score (nSPS) is 12.4. The molecule has 0 radical (unpaired) electrons. The molecule has 1 heterocycles. The van der Waals surface area contributed by atoms with Gasteiger partial charge in [-0.15, -0.1) is 11.3 Å². The Labute approximate surface area is 97.7 Å². The van der Waals surface area contributed by atoms with Crippen LogP contribution >= 0.6 is 11.3 Å². The van der Waals surface area contributed by atoms with Crippen LogP contribution in [0, 0.1) is 0 Å². The Kier molecular flexibility index (Phi) is 3.05. The summed E-state index contributed by atoms with van der Waals surface area (Å²) in [7, 11) is 1.63. The van der Waals surface area contributed by atoms with E-state index in [2.05, 4.69) is 15.6 Å². The van der Waals surface area contributed by atoms with E-state index in [-0.39, 0.29) is 11.9 Å². The number of hydrogen-bond donors (Lipinski definition) is 2. The molecule has 0 bridgehead atoms. The molecule has 5 heteroatoms. The number of aromatic nitrogens is 1. The highest BCUT2D eigenvalue weighted by Gasteiger charge is 2.10. The Morgan fingerprint density at radius 3 is 3.06 bits per heavy atom.